The lowest BCUT2D eigenvalue weighted by Gasteiger charge is -2.39. The molecule has 1 aliphatic heterocycles. The zero-order valence-corrected chi connectivity index (χ0v) is 12.4. The van der Waals surface area contributed by atoms with E-state index in [2.05, 4.69) is 19.2 Å². The first-order valence-corrected chi connectivity index (χ1v) is 7.34. The summed E-state index contributed by atoms with van der Waals surface area (Å²) in [4.78, 5) is 13.7. The van der Waals surface area contributed by atoms with Gasteiger partial charge >= 0.3 is 6.09 Å². The van der Waals surface area contributed by atoms with Gasteiger partial charge in [-0.3, -0.25) is 0 Å². The zero-order chi connectivity index (χ0) is 14.3. The highest BCUT2D eigenvalue weighted by Crippen LogP contribution is 2.24. The average molecular weight is 272 g/mol. The van der Waals surface area contributed by atoms with E-state index in [9.17, 15) is 4.79 Å². The summed E-state index contributed by atoms with van der Waals surface area (Å²) in [6.07, 6.45) is 1.63. The van der Waals surface area contributed by atoms with Crippen LogP contribution in [-0.4, -0.2) is 55.0 Å². The van der Waals surface area contributed by atoms with Crippen molar-refractivity contribution < 1.29 is 14.6 Å². The molecule has 2 N–H and O–H groups in total. The fourth-order valence-electron chi connectivity index (χ4n) is 2.52. The third kappa shape index (κ3) is 5.37. The number of carbonyl (C=O) groups excluding carboxylic acids is 1. The fraction of sp³-hybridized carbons (Fsp3) is 0.929. The molecule has 1 rings (SSSR count). The third-order valence-corrected chi connectivity index (χ3v) is 3.72. The van der Waals surface area contributed by atoms with Gasteiger partial charge in [0.15, 0.2) is 0 Å². The van der Waals surface area contributed by atoms with E-state index in [4.69, 9.17) is 9.84 Å². The van der Waals surface area contributed by atoms with Crippen LogP contribution >= 0.6 is 0 Å². The predicted octanol–water partition coefficient (Wildman–Crippen LogP) is 1.46. The first-order chi connectivity index (χ1) is 9.08. The molecular formula is C14H28N2O3. The SMILES string of the molecule is CCOC(=O)N1CC(NCCCO)CC(C(C)C)C1. The Morgan fingerprint density at radius 1 is 1.47 bits per heavy atom. The van der Waals surface area contributed by atoms with Crippen LogP contribution in [0.5, 0.6) is 0 Å². The van der Waals surface area contributed by atoms with E-state index in [1.165, 1.54) is 0 Å². The van der Waals surface area contributed by atoms with E-state index in [0.29, 0.717) is 31.0 Å². The number of hydrogen-bond donors (Lipinski definition) is 2. The number of amides is 1. The molecule has 0 aromatic heterocycles. The maximum Gasteiger partial charge on any atom is 0.409 e. The second-order valence-corrected chi connectivity index (χ2v) is 5.57. The average Bonchev–Trinajstić information content (AvgIpc) is 2.39. The van der Waals surface area contributed by atoms with Crippen molar-refractivity contribution in [2.45, 2.75) is 39.7 Å². The van der Waals surface area contributed by atoms with E-state index in [0.717, 1.165) is 25.9 Å². The number of aliphatic hydroxyl groups is 1. The molecular weight excluding hydrogens is 244 g/mol. The summed E-state index contributed by atoms with van der Waals surface area (Å²) >= 11 is 0. The van der Waals surface area contributed by atoms with Crippen LogP contribution in [0, 0.1) is 11.8 Å². The van der Waals surface area contributed by atoms with E-state index in [1.807, 2.05) is 11.8 Å². The molecule has 2 unspecified atom stereocenters. The minimum Gasteiger partial charge on any atom is -0.450 e. The van der Waals surface area contributed by atoms with E-state index < -0.39 is 0 Å². The first-order valence-electron chi connectivity index (χ1n) is 7.34. The molecule has 0 aliphatic carbocycles. The van der Waals surface area contributed by atoms with Crippen molar-refractivity contribution in [2.75, 3.05) is 32.8 Å². The minimum absolute atomic E-state index is 0.203. The number of hydrogen-bond acceptors (Lipinski definition) is 4. The number of nitrogens with zero attached hydrogens (tertiary/aromatic N) is 1. The number of piperidine rings is 1. The summed E-state index contributed by atoms with van der Waals surface area (Å²) < 4.78 is 5.10. The van der Waals surface area contributed by atoms with Crippen molar-refractivity contribution in [1.82, 2.24) is 10.2 Å². The molecule has 1 heterocycles. The van der Waals surface area contributed by atoms with Crippen molar-refractivity contribution in [2.24, 2.45) is 11.8 Å². The van der Waals surface area contributed by atoms with Gasteiger partial charge in [-0.25, -0.2) is 4.79 Å². The summed E-state index contributed by atoms with van der Waals surface area (Å²) in [7, 11) is 0. The van der Waals surface area contributed by atoms with E-state index in [-0.39, 0.29) is 12.7 Å². The second kappa shape index (κ2) is 8.38. The quantitative estimate of drug-likeness (QED) is 0.719. The summed E-state index contributed by atoms with van der Waals surface area (Å²) in [6.45, 7) is 9.14. The molecule has 1 amide bonds. The molecule has 0 bridgehead atoms. The monoisotopic (exact) mass is 272 g/mol. The molecule has 0 saturated carbocycles. The van der Waals surface area contributed by atoms with Crippen LogP contribution in [0.1, 0.15) is 33.6 Å². The molecule has 0 radical (unpaired) electrons. The fourth-order valence-corrected chi connectivity index (χ4v) is 2.52. The Morgan fingerprint density at radius 2 is 2.21 bits per heavy atom. The molecule has 112 valence electrons. The predicted molar refractivity (Wildman–Crippen MR) is 75.0 cm³/mol. The van der Waals surface area contributed by atoms with Gasteiger partial charge in [-0.15, -0.1) is 0 Å². The summed E-state index contributed by atoms with van der Waals surface area (Å²) in [5, 5.41) is 12.2. The first kappa shape index (κ1) is 16.2. The second-order valence-electron chi connectivity index (χ2n) is 5.57. The molecule has 5 nitrogen and oxygen atoms in total. The van der Waals surface area contributed by atoms with Gasteiger partial charge in [0.1, 0.15) is 0 Å². The van der Waals surface area contributed by atoms with Gasteiger partial charge < -0.3 is 20.1 Å². The molecule has 1 aliphatic rings. The molecule has 0 aromatic carbocycles. The number of carbonyl (C=O) groups is 1. The summed E-state index contributed by atoms with van der Waals surface area (Å²) in [5.74, 6) is 1.06. The van der Waals surface area contributed by atoms with Crippen LogP contribution in [0.2, 0.25) is 0 Å². The van der Waals surface area contributed by atoms with Gasteiger partial charge in [-0.05, 0) is 38.1 Å². The Balaban J connectivity index is 2.54. The van der Waals surface area contributed by atoms with Crippen molar-refractivity contribution >= 4 is 6.09 Å². The molecule has 1 saturated heterocycles. The Labute approximate surface area is 116 Å². The summed E-state index contributed by atoms with van der Waals surface area (Å²) in [6, 6.07) is 0.303. The largest absolute Gasteiger partial charge is 0.450 e. The van der Waals surface area contributed by atoms with Gasteiger partial charge in [0.05, 0.1) is 6.61 Å². The maximum atomic E-state index is 11.9. The van der Waals surface area contributed by atoms with Crippen molar-refractivity contribution in [1.29, 1.82) is 0 Å². The topological polar surface area (TPSA) is 61.8 Å². The zero-order valence-electron chi connectivity index (χ0n) is 12.4. The Kier molecular flexibility index (Phi) is 7.16. The van der Waals surface area contributed by atoms with Crippen molar-refractivity contribution in [3.63, 3.8) is 0 Å². The number of nitrogens with one attached hydrogen (secondary N) is 1. The van der Waals surface area contributed by atoms with Gasteiger partial charge in [0, 0.05) is 25.7 Å². The number of ether oxygens (including phenoxy) is 1. The molecule has 19 heavy (non-hydrogen) atoms. The van der Waals surface area contributed by atoms with Crippen LogP contribution in [0.15, 0.2) is 0 Å². The highest BCUT2D eigenvalue weighted by atomic mass is 16.6. The third-order valence-electron chi connectivity index (χ3n) is 3.72. The Bertz CT molecular complexity index is 271. The van der Waals surface area contributed by atoms with E-state index in [1.54, 1.807) is 0 Å². The van der Waals surface area contributed by atoms with Crippen LogP contribution in [0.25, 0.3) is 0 Å². The normalized spacial score (nSPS) is 23.7. The van der Waals surface area contributed by atoms with Gasteiger partial charge in [-0.2, -0.15) is 0 Å². The van der Waals surface area contributed by atoms with Gasteiger partial charge in [0.25, 0.3) is 0 Å². The maximum absolute atomic E-state index is 11.9. The lowest BCUT2D eigenvalue weighted by Crippen LogP contribution is -2.52. The minimum atomic E-state index is -0.207. The number of rotatable bonds is 6. The molecule has 0 aromatic rings. The highest BCUT2D eigenvalue weighted by molar-refractivity contribution is 5.67. The van der Waals surface area contributed by atoms with Gasteiger partial charge in [-0.1, -0.05) is 13.8 Å². The summed E-state index contributed by atoms with van der Waals surface area (Å²) in [5.41, 5.74) is 0. The van der Waals surface area contributed by atoms with Crippen LogP contribution in [-0.2, 0) is 4.74 Å². The molecule has 2 atom stereocenters. The van der Waals surface area contributed by atoms with E-state index >= 15 is 0 Å². The smallest absolute Gasteiger partial charge is 0.409 e. The van der Waals surface area contributed by atoms with Crippen molar-refractivity contribution in [3.8, 4) is 0 Å². The lowest BCUT2D eigenvalue weighted by atomic mass is 9.85. The van der Waals surface area contributed by atoms with Crippen LogP contribution in [0.4, 0.5) is 4.79 Å². The molecule has 0 spiro atoms. The Morgan fingerprint density at radius 3 is 2.79 bits per heavy atom. The van der Waals surface area contributed by atoms with Crippen LogP contribution in [0.3, 0.4) is 0 Å². The molecule has 5 heteroatoms. The Hall–Kier alpha value is -0.810. The van der Waals surface area contributed by atoms with Gasteiger partial charge in [0.2, 0.25) is 0 Å². The standard InChI is InChI=1S/C14H28N2O3/c1-4-19-14(18)16-9-12(11(2)3)8-13(10-16)15-6-5-7-17/h11-13,15,17H,4-10H2,1-3H3. The lowest BCUT2D eigenvalue weighted by molar-refractivity contribution is 0.0702. The van der Waals surface area contributed by atoms with Crippen molar-refractivity contribution in [3.05, 3.63) is 0 Å². The highest BCUT2D eigenvalue weighted by Gasteiger charge is 2.31. The number of aliphatic hydroxyl groups excluding tert-OH is 1. The molecule has 1 fully saturated rings. The van der Waals surface area contributed by atoms with Crippen LogP contribution < -0.4 is 5.32 Å². The number of likely N-dealkylation sites (tertiary alicyclic amines) is 1.